The van der Waals surface area contributed by atoms with Gasteiger partial charge in [0, 0.05) is 11.6 Å². The summed E-state index contributed by atoms with van der Waals surface area (Å²) in [5.41, 5.74) is 0.124. The first-order valence-corrected chi connectivity index (χ1v) is 5.40. The van der Waals surface area contributed by atoms with Crippen LogP contribution in [0.2, 0.25) is 5.02 Å². The van der Waals surface area contributed by atoms with Gasteiger partial charge in [-0.2, -0.15) is 0 Å². The molecule has 98 valence electrons. The van der Waals surface area contributed by atoms with Crippen LogP contribution in [0.1, 0.15) is 13.9 Å². The Morgan fingerprint density at radius 1 is 1.53 bits per heavy atom. The van der Waals surface area contributed by atoms with Crippen molar-refractivity contribution in [2.45, 2.75) is 6.92 Å². The summed E-state index contributed by atoms with van der Waals surface area (Å²) in [6.45, 7) is 1.61. The van der Waals surface area contributed by atoms with Gasteiger partial charge >= 0.3 is 24.8 Å². The SMILES string of the molecule is CCOC(=O)C(=O)C=C(O)c1ccc(F)c(Cl)c1.[H-].[Li+]. The van der Waals surface area contributed by atoms with Crippen LogP contribution in [0.3, 0.4) is 0 Å². The Morgan fingerprint density at radius 2 is 2.16 bits per heavy atom. The molecule has 0 saturated carbocycles. The molecule has 4 nitrogen and oxygen atoms in total. The topological polar surface area (TPSA) is 63.6 Å². The van der Waals surface area contributed by atoms with Gasteiger partial charge in [0.15, 0.2) is 0 Å². The Labute approximate surface area is 127 Å². The summed E-state index contributed by atoms with van der Waals surface area (Å²) >= 11 is 5.52. The predicted molar refractivity (Wildman–Crippen MR) is 64.8 cm³/mol. The molecule has 0 aliphatic carbocycles. The van der Waals surface area contributed by atoms with E-state index < -0.39 is 23.3 Å². The van der Waals surface area contributed by atoms with Crippen molar-refractivity contribution in [1.82, 2.24) is 0 Å². The normalized spacial score (nSPS) is 10.6. The molecule has 0 amide bonds. The van der Waals surface area contributed by atoms with E-state index in [1.165, 1.54) is 6.07 Å². The Bertz CT molecular complexity index is 522. The summed E-state index contributed by atoms with van der Waals surface area (Å²) in [5.74, 6) is -3.22. The van der Waals surface area contributed by atoms with E-state index in [2.05, 4.69) is 4.74 Å². The number of hydrogen-bond donors (Lipinski definition) is 1. The number of halogens is 2. The van der Waals surface area contributed by atoms with Crippen molar-refractivity contribution in [3.05, 3.63) is 40.7 Å². The van der Waals surface area contributed by atoms with Gasteiger partial charge in [-0.3, -0.25) is 4.79 Å². The van der Waals surface area contributed by atoms with E-state index in [0.29, 0.717) is 6.08 Å². The molecule has 0 unspecified atom stereocenters. The molecule has 7 heteroatoms. The number of ketones is 1. The number of carbonyl (C=O) groups excluding carboxylic acids is 2. The monoisotopic (exact) mass is 280 g/mol. The van der Waals surface area contributed by atoms with Gasteiger partial charge in [0.05, 0.1) is 11.6 Å². The van der Waals surface area contributed by atoms with E-state index in [-0.39, 0.29) is 37.5 Å². The van der Waals surface area contributed by atoms with Crippen LogP contribution in [-0.4, -0.2) is 23.5 Å². The molecule has 0 aliphatic rings. The largest absolute Gasteiger partial charge is 1.00 e. The van der Waals surface area contributed by atoms with Crippen molar-refractivity contribution in [3.63, 3.8) is 0 Å². The van der Waals surface area contributed by atoms with Gasteiger partial charge in [0.1, 0.15) is 11.6 Å². The zero-order chi connectivity index (χ0) is 13.7. The first-order chi connectivity index (χ1) is 8.45. The van der Waals surface area contributed by atoms with E-state index in [1.54, 1.807) is 6.92 Å². The van der Waals surface area contributed by atoms with E-state index in [4.69, 9.17) is 11.6 Å². The van der Waals surface area contributed by atoms with Gasteiger partial charge in [0.2, 0.25) is 0 Å². The molecule has 0 heterocycles. The smallest absolute Gasteiger partial charge is 1.00 e. The van der Waals surface area contributed by atoms with E-state index >= 15 is 0 Å². The summed E-state index contributed by atoms with van der Waals surface area (Å²) in [4.78, 5) is 22.3. The fraction of sp³-hybridized carbons (Fsp3) is 0.167. The summed E-state index contributed by atoms with van der Waals surface area (Å²) in [7, 11) is 0. The molecule has 0 fully saturated rings. The molecule has 0 aromatic heterocycles. The van der Waals surface area contributed by atoms with Gasteiger partial charge in [-0.1, -0.05) is 11.6 Å². The minimum atomic E-state index is -1.07. The molecular formula is C12H11ClFLiO4. The average Bonchev–Trinajstić information content (AvgIpc) is 2.32. The number of ether oxygens (including phenoxy) is 1. The van der Waals surface area contributed by atoms with Crippen molar-refractivity contribution in [2.75, 3.05) is 6.61 Å². The van der Waals surface area contributed by atoms with E-state index in [1.807, 2.05) is 0 Å². The zero-order valence-electron chi connectivity index (χ0n) is 11.4. The van der Waals surface area contributed by atoms with Crippen LogP contribution in [0.5, 0.6) is 0 Å². The van der Waals surface area contributed by atoms with Gasteiger partial charge in [0.25, 0.3) is 5.78 Å². The third-order valence-electron chi connectivity index (χ3n) is 1.96. The van der Waals surface area contributed by atoms with Crippen LogP contribution < -0.4 is 18.9 Å². The Kier molecular flexibility index (Phi) is 7.46. The predicted octanol–water partition coefficient (Wildman–Crippen LogP) is -0.373. The average molecular weight is 281 g/mol. The molecule has 1 rings (SSSR count). The minimum absolute atomic E-state index is 0. The summed E-state index contributed by atoms with van der Waals surface area (Å²) in [5, 5.41) is 9.38. The summed E-state index contributed by atoms with van der Waals surface area (Å²) in [6, 6.07) is 3.41. The van der Waals surface area contributed by atoms with Crippen LogP contribution in [0, 0.1) is 5.82 Å². The van der Waals surface area contributed by atoms with E-state index in [0.717, 1.165) is 12.1 Å². The summed E-state index contributed by atoms with van der Waals surface area (Å²) < 4.78 is 17.3. The maximum Gasteiger partial charge on any atom is 1.00 e. The summed E-state index contributed by atoms with van der Waals surface area (Å²) in [6.07, 6.45) is 0.696. The number of aliphatic hydroxyl groups excluding tert-OH is 1. The number of benzene rings is 1. The minimum Gasteiger partial charge on any atom is -1.00 e. The molecule has 0 radical (unpaired) electrons. The molecule has 0 bridgehead atoms. The molecule has 1 aromatic carbocycles. The molecule has 0 aliphatic heterocycles. The first kappa shape index (κ1) is 17.7. The van der Waals surface area contributed by atoms with Crippen molar-refractivity contribution < 1.29 is 44.1 Å². The zero-order valence-corrected chi connectivity index (χ0v) is 11.2. The molecule has 19 heavy (non-hydrogen) atoms. The van der Waals surface area contributed by atoms with Crippen LogP contribution in [0.15, 0.2) is 24.3 Å². The van der Waals surface area contributed by atoms with Gasteiger partial charge < -0.3 is 11.3 Å². The number of carbonyl (C=O) groups is 2. The van der Waals surface area contributed by atoms with Crippen molar-refractivity contribution in [3.8, 4) is 0 Å². The molecule has 0 spiro atoms. The molecule has 1 aromatic rings. The number of esters is 1. The fourth-order valence-electron chi connectivity index (χ4n) is 1.12. The second-order valence-corrected chi connectivity index (χ2v) is 3.65. The van der Waals surface area contributed by atoms with Crippen molar-refractivity contribution >= 4 is 29.1 Å². The Balaban J connectivity index is 0. The maximum absolute atomic E-state index is 12.9. The van der Waals surface area contributed by atoms with Crippen LogP contribution in [0.25, 0.3) is 5.76 Å². The molecule has 0 saturated heterocycles. The van der Waals surface area contributed by atoms with Crippen LogP contribution >= 0.6 is 11.6 Å². The standard InChI is InChI=1S/C12H10ClFO4.Li.H/c1-2-18-12(17)11(16)6-10(15)7-3-4-9(14)8(13)5-7;;/h3-6,15H,2H2,1H3;;/q;+1;-1. The quantitative estimate of drug-likeness (QED) is 0.269. The van der Waals surface area contributed by atoms with Gasteiger partial charge in [-0.15, -0.1) is 0 Å². The van der Waals surface area contributed by atoms with Crippen LogP contribution in [0.4, 0.5) is 4.39 Å². The third-order valence-corrected chi connectivity index (χ3v) is 2.25. The van der Waals surface area contributed by atoms with Crippen LogP contribution in [-0.2, 0) is 14.3 Å². The molecule has 0 atom stereocenters. The first-order valence-electron chi connectivity index (χ1n) is 5.03. The number of rotatable bonds is 4. The maximum atomic E-state index is 12.9. The molecule has 1 N–H and O–H groups in total. The second kappa shape index (κ2) is 8.00. The number of hydrogen-bond acceptors (Lipinski definition) is 4. The third kappa shape index (κ3) is 5.07. The Morgan fingerprint density at radius 3 is 2.68 bits per heavy atom. The van der Waals surface area contributed by atoms with Gasteiger partial charge in [-0.25, -0.2) is 9.18 Å². The van der Waals surface area contributed by atoms with Crippen molar-refractivity contribution in [1.29, 1.82) is 0 Å². The second-order valence-electron chi connectivity index (χ2n) is 3.24. The number of aliphatic hydroxyl groups is 1. The Hall–Kier alpha value is -1.28. The van der Waals surface area contributed by atoms with Crippen molar-refractivity contribution in [2.24, 2.45) is 0 Å². The van der Waals surface area contributed by atoms with E-state index in [9.17, 15) is 19.1 Å². The van der Waals surface area contributed by atoms with Gasteiger partial charge in [-0.05, 0) is 25.1 Å². The molecular weight excluding hydrogens is 270 g/mol. The fourth-order valence-corrected chi connectivity index (χ4v) is 1.30.